The molecule has 2 atom stereocenters. The molecule has 0 aliphatic carbocycles. The number of amides is 1. The Bertz CT molecular complexity index is 1440. The van der Waals surface area contributed by atoms with Gasteiger partial charge in [-0.3, -0.25) is 14.1 Å². The summed E-state index contributed by atoms with van der Waals surface area (Å²) in [5.74, 6) is 0.895. The molecule has 1 aromatic carbocycles. The van der Waals surface area contributed by atoms with Gasteiger partial charge >= 0.3 is 0 Å². The first-order chi connectivity index (χ1) is 17.5. The maximum Gasteiger partial charge on any atom is 0.274 e. The average Bonchev–Trinajstić information content (AvgIpc) is 3.27. The Hall–Kier alpha value is -3.20. The number of imidazole rings is 1. The first-order valence-corrected chi connectivity index (χ1v) is 12.6. The summed E-state index contributed by atoms with van der Waals surface area (Å²) in [6.45, 7) is 2.10. The van der Waals surface area contributed by atoms with Crippen LogP contribution in [0, 0.1) is 0 Å². The summed E-state index contributed by atoms with van der Waals surface area (Å²) in [5.41, 5.74) is 3.21. The molecule has 0 saturated carbocycles. The Kier molecular flexibility index (Phi) is 6.03. The number of piperidine rings is 2. The molecular weight excluding hydrogens is 499 g/mol. The quantitative estimate of drug-likeness (QED) is 0.381. The Morgan fingerprint density at radius 1 is 1.06 bits per heavy atom. The summed E-state index contributed by atoms with van der Waals surface area (Å²) >= 11 is 12.5. The van der Waals surface area contributed by atoms with Crippen LogP contribution in [0.1, 0.15) is 29.0 Å². The van der Waals surface area contributed by atoms with Crippen LogP contribution in [0.2, 0.25) is 10.0 Å². The molecule has 0 spiro atoms. The topological polar surface area (TPSA) is 75.9 Å². The van der Waals surface area contributed by atoms with Crippen molar-refractivity contribution in [2.45, 2.75) is 31.5 Å². The van der Waals surface area contributed by atoms with Crippen LogP contribution in [0.25, 0.3) is 17.0 Å². The highest BCUT2D eigenvalue weighted by molar-refractivity contribution is 6.33. The number of methoxy groups -OCH3 is 1. The van der Waals surface area contributed by atoms with Crippen molar-refractivity contribution in [3.63, 3.8) is 0 Å². The zero-order valence-electron chi connectivity index (χ0n) is 19.6. The molecule has 6 heterocycles. The number of piperazine rings is 1. The van der Waals surface area contributed by atoms with Crippen LogP contribution in [-0.4, -0.2) is 67.3 Å². The molecule has 3 aliphatic rings. The minimum absolute atomic E-state index is 0.0860. The van der Waals surface area contributed by atoms with E-state index in [0.29, 0.717) is 34.8 Å². The standard InChI is InChI=1S/C26H24Cl2N6O2/c1-36-22-10-9-20(28)24(30-22)25(35)34-14-18-7-8-19(34)13-32(18)15-21-23(16-3-5-17(27)6-4-16)31-26-29-11-2-12-33(21)26/h2-6,9-12,18-19H,7-8,13-15H2,1H3. The number of fused-ring (bicyclic) bond motifs is 4. The molecule has 4 aromatic rings. The van der Waals surface area contributed by atoms with Crippen molar-refractivity contribution >= 4 is 34.9 Å². The predicted octanol–water partition coefficient (Wildman–Crippen LogP) is 4.60. The molecule has 2 bridgehead atoms. The van der Waals surface area contributed by atoms with Crippen LogP contribution in [-0.2, 0) is 6.54 Å². The van der Waals surface area contributed by atoms with Gasteiger partial charge in [-0.2, -0.15) is 0 Å². The lowest BCUT2D eigenvalue weighted by atomic mass is 9.90. The van der Waals surface area contributed by atoms with E-state index in [-0.39, 0.29) is 23.7 Å². The minimum atomic E-state index is -0.144. The van der Waals surface area contributed by atoms with Crippen molar-refractivity contribution in [1.82, 2.24) is 29.2 Å². The van der Waals surface area contributed by atoms with E-state index in [9.17, 15) is 4.79 Å². The fraction of sp³-hybridized carbons (Fsp3) is 0.308. The molecule has 2 unspecified atom stereocenters. The van der Waals surface area contributed by atoms with Crippen LogP contribution in [0.3, 0.4) is 0 Å². The third-order valence-electron chi connectivity index (χ3n) is 7.11. The Morgan fingerprint density at radius 3 is 2.61 bits per heavy atom. The number of hydrogen-bond donors (Lipinski definition) is 0. The first kappa shape index (κ1) is 23.2. The van der Waals surface area contributed by atoms with Crippen molar-refractivity contribution in [2.24, 2.45) is 0 Å². The molecule has 0 N–H and O–H groups in total. The largest absolute Gasteiger partial charge is 0.481 e. The van der Waals surface area contributed by atoms with E-state index >= 15 is 0 Å². The minimum Gasteiger partial charge on any atom is -0.481 e. The van der Waals surface area contributed by atoms with Gasteiger partial charge in [-0.25, -0.2) is 15.0 Å². The second kappa shape index (κ2) is 9.35. The van der Waals surface area contributed by atoms with E-state index in [1.165, 1.54) is 7.11 Å². The molecule has 36 heavy (non-hydrogen) atoms. The lowest BCUT2D eigenvalue weighted by Crippen LogP contribution is -2.63. The number of ether oxygens (including phenoxy) is 1. The number of hydrogen-bond acceptors (Lipinski definition) is 6. The zero-order chi connectivity index (χ0) is 24.8. The second-order valence-corrected chi connectivity index (χ2v) is 10.0. The Labute approximate surface area is 218 Å². The van der Waals surface area contributed by atoms with Crippen molar-refractivity contribution < 1.29 is 9.53 Å². The Morgan fingerprint density at radius 2 is 1.86 bits per heavy atom. The van der Waals surface area contributed by atoms with Crippen LogP contribution in [0.5, 0.6) is 5.88 Å². The summed E-state index contributed by atoms with van der Waals surface area (Å²) in [4.78, 5) is 31.4. The maximum absolute atomic E-state index is 13.4. The van der Waals surface area contributed by atoms with Gasteiger partial charge in [0.15, 0.2) is 5.69 Å². The summed E-state index contributed by atoms with van der Waals surface area (Å²) in [6.07, 6.45) is 5.73. The molecule has 3 aliphatic heterocycles. The van der Waals surface area contributed by atoms with Gasteiger partial charge in [0.2, 0.25) is 11.7 Å². The van der Waals surface area contributed by atoms with E-state index in [2.05, 4.69) is 19.3 Å². The molecule has 3 fully saturated rings. The average molecular weight is 523 g/mol. The smallest absolute Gasteiger partial charge is 0.274 e. The summed E-state index contributed by atoms with van der Waals surface area (Å²) in [7, 11) is 1.53. The fourth-order valence-electron chi connectivity index (χ4n) is 5.30. The van der Waals surface area contributed by atoms with Crippen LogP contribution in [0.15, 0.2) is 54.9 Å². The summed E-state index contributed by atoms with van der Waals surface area (Å²) in [6, 6.07) is 13.3. The predicted molar refractivity (Wildman–Crippen MR) is 137 cm³/mol. The molecule has 8 nitrogen and oxygen atoms in total. The third-order valence-corrected chi connectivity index (χ3v) is 7.67. The number of aromatic nitrogens is 4. The number of carbonyl (C=O) groups excluding carboxylic acids is 1. The Balaban J connectivity index is 1.28. The lowest BCUT2D eigenvalue weighted by Gasteiger charge is -2.51. The van der Waals surface area contributed by atoms with Gasteiger partial charge in [0.25, 0.3) is 5.91 Å². The van der Waals surface area contributed by atoms with Gasteiger partial charge in [0.05, 0.1) is 23.5 Å². The molecule has 184 valence electrons. The number of halogens is 2. The van der Waals surface area contributed by atoms with E-state index in [4.69, 9.17) is 32.9 Å². The maximum atomic E-state index is 13.4. The second-order valence-electron chi connectivity index (χ2n) is 9.16. The fourth-order valence-corrected chi connectivity index (χ4v) is 5.61. The van der Waals surface area contributed by atoms with Crippen molar-refractivity contribution in [3.8, 4) is 17.1 Å². The highest BCUT2D eigenvalue weighted by atomic mass is 35.5. The van der Waals surface area contributed by atoms with E-state index < -0.39 is 0 Å². The van der Waals surface area contributed by atoms with Gasteiger partial charge in [-0.1, -0.05) is 35.3 Å². The summed E-state index contributed by atoms with van der Waals surface area (Å²) in [5, 5.41) is 1.02. The van der Waals surface area contributed by atoms with Gasteiger partial charge in [0.1, 0.15) is 0 Å². The van der Waals surface area contributed by atoms with Gasteiger partial charge < -0.3 is 9.64 Å². The summed E-state index contributed by atoms with van der Waals surface area (Å²) < 4.78 is 7.26. The van der Waals surface area contributed by atoms with Gasteiger partial charge in [0, 0.05) is 60.8 Å². The number of carbonyl (C=O) groups is 1. The van der Waals surface area contributed by atoms with Crippen LogP contribution >= 0.6 is 23.2 Å². The van der Waals surface area contributed by atoms with E-state index in [1.54, 1.807) is 18.3 Å². The molecule has 10 heteroatoms. The van der Waals surface area contributed by atoms with Crippen molar-refractivity contribution in [1.29, 1.82) is 0 Å². The molecule has 7 rings (SSSR count). The van der Waals surface area contributed by atoms with Crippen LogP contribution in [0.4, 0.5) is 0 Å². The number of rotatable bonds is 5. The molecule has 3 saturated heterocycles. The van der Waals surface area contributed by atoms with E-state index in [1.807, 2.05) is 41.4 Å². The first-order valence-electron chi connectivity index (χ1n) is 11.9. The normalized spacial score (nSPS) is 19.7. The molecule has 0 radical (unpaired) electrons. The molecule has 3 aromatic heterocycles. The highest BCUT2D eigenvalue weighted by Crippen LogP contribution is 2.34. The zero-order valence-corrected chi connectivity index (χ0v) is 21.2. The highest BCUT2D eigenvalue weighted by Gasteiger charge is 2.42. The number of pyridine rings is 1. The van der Waals surface area contributed by atoms with Gasteiger partial charge in [-0.05, 0) is 37.1 Å². The molecular formula is C26H24Cl2N6O2. The van der Waals surface area contributed by atoms with Crippen molar-refractivity contribution in [2.75, 3.05) is 20.2 Å². The number of benzene rings is 1. The van der Waals surface area contributed by atoms with Crippen LogP contribution < -0.4 is 4.74 Å². The molecule has 1 amide bonds. The SMILES string of the molecule is COc1ccc(Cl)c(C(=O)N2CC3CCC2CN3Cc2c(-c3ccc(Cl)cc3)nc3ncccn23)n1. The van der Waals surface area contributed by atoms with Gasteiger partial charge in [-0.15, -0.1) is 0 Å². The third kappa shape index (κ3) is 4.09. The lowest BCUT2D eigenvalue weighted by molar-refractivity contribution is -0.0162. The monoisotopic (exact) mass is 522 g/mol. The van der Waals surface area contributed by atoms with E-state index in [0.717, 1.165) is 36.3 Å². The number of nitrogens with zero attached hydrogens (tertiary/aromatic N) is 6. The van der Waals surface area contributed by atoms with Crippen molar-refractivity contribution in [3.05, 3.63) is 76.3 Å².